The molecule has 21 heavy (non-hydrogen) atoms. The molecular weight excluding hydrogens is 270 g/mol. The van der Waals surface area contributed by atoms with Crippen molar-refractivity contribution in [2.24, 2.45) is 0 Å². The highest BCUT2D eigenvalue weighted by Crippen LogP contribution is 2.35. The summed E-state index contributed by atoms with van der Waals surface area (Å²) in [6.07, 6.45) is 3.46. The third-order valence-corrected chi connectivity index (χ3v) is 4.23. The zero-order chi connectivity index (χ0) is 14.7. The van der Waals surface area contributed by atoms with Crippen molar-refractivity contribution >= 4 is 5.91 Å². The number of carbonyl (C=O) groups excluding carboxylic acids is 1. The van der Waals surface area contributed by atoms with E-state index in [4.69, 9.17) is 14.2 Å². The van der Waals surface area contributed by atoms with Crippen molar-refractivity contribution < 1.29 is 19.0 Å². The lowest BCUT2D eigenvalue weighted by molar-refractivity contribution is -0.179. The van der Waals surface area contributed by atoms with E-state index in [1.165, 1.54) is 0 Å². The molecule has 1 aromatic rings. The maximum absolute atomic E-state index is 12.3. The second kappa shape index (κ2) is 6.03. The molecule has 0 bridgehead atoms. The van der Waals surface area contributed by atoms with Crippen LogP contribution >= 0.6 is 0 Å². The van der Waals surface area contributed by atoms with Crippen molar-refractivity contribution in [2.45, 2.75) is 37.5 Å². The van der Waals surface area contributed by atoms with Gasteiger partial charge in [-0.05, 0) is 31.0 Å². The van der Waals surface area contributed by atoms with Gasteiger partial charge in [-0.1, -0.05) is 6.07 Å². The minimum Gasteiger partial charge on any atom is -0.497 e. The molecule has 1 spiro atoms. The predicted molar refractivity (Wildman–Crippen MR) is 77.4 cm³/mol. The Kier molecular flexibility index (Phi) is 4.12. The summed E-state index contributed by atoms with van der Waals surface area (Å²) >= 11 is 0. The number of nitrogens with one attached hydrogen (secondary N) is 1. The SMILES string of the molecule is COc1cccc(C(=O)NC2CCC3(CC2)OCCO3)c1. The van der Waals surface area contributed by atoms with Gasteiger partial charge < -0.3 is 19.5 Å². The van der Waals surface area contributed by atoms with Crippen LogP contribution in [0, 0.1) is 0 Å². The minimum atomic E-state index is -0.378. The Morgan fingerprint density at radius 3 is 2.67 bits per heavy atom. The van der Waals surface area contributed by atoms with Crippen LogP contribution in [0.15, 0.2) is 24.3 Å². The first-order valence-electron chi connectivity index (χ1n) is 7.44. The summed E-state index contributed by atoms with van der Waals surface area (Å²) < 4.78 is 16.5. The lowest BCUT2D eigenvalue weighted by atomic mass is 9.90. The second-order valence-corrected chi connectivity index (χ2v) is 5.59. The van der Waals surface area contributed by atoms with Crippen LogP contribution in [-0.2, 0) is 9.47 Å². The summed E-state index contributed by atoms with van der Waals surface area (Å²) in [4.78, 5) is 12.3. The van der Waals surface area contributed by atoms with Crippen LogP contribution in [0.3, 0.4) is 0 Å². The van der Waals surface area contributed by atoms with Gasteiger partial charge in [-0.2, -0.15) is 0 Å². The molecule has 2 fully saturated rings. The van der Waals surface area contributed by atoms with Crippen LogP contribution in [0.4, 0.5) is 0 Å². The van der Waals surface area contributed by atoms with Gasteiger partial charge in [0, 0.05) is 24.4 Å². The fourth-order valence-electron chi connectivity index (χ4n) is 3.02. The molecule has 3 rings (SSSR count). The maximum atomic E-state index is 12.3. The number of carbonyl (C=O) groups is 1. The Morgan fingerprint density at radius 1 is 1.29 bits per heavy atom. The number of rotatable bonds is 3. The molecule has 0 aromatic heterocycles. The topological polar surface area (TPSA) is 56.8 Å². The highest BCUT2D eigenvalue weighted by Gasteiger charge is 2.40. The lowest BCUT2D eigenvalue weighted by Crippen LogP contribution is -2.44. The van der Waals surface area contributed by atoms with Crippen molar-refractivity contribution in [3.05, 3.63) is 29.8 Å². The van der Waals surface area contributed by atoms with Gasteiger partial charge in [0.2, 0.25) is 0 Å². The van der Waals surface area contributed by atoms with E-state index in [1.54, 1.807) is 19.2 Å². The van der Waals surface area contributed by atoms with E-state index in [2.05, 4.69) is 5.32 Å². The molecule has 2 aliphatic rings. The van der Waals surface area contributed by atoms with Gasteiger partial charge in [-0.25, -0.2) is 0 Å². The highest BCUT2D eigenvalue weighted by atomic mass is 16.7. The number of hydrogen-bond donors (Lipinski definition) is 1. The summed E-state index contributed by atoms with van der Waals surface area (Å²) in [7, 11) is 1.60. The second-order valence-electron chi connectivity index (χ2n) is 5.59. The van der Waals surface area contributed by atoms with Crippen LogP contribution in [0.1, 0.15) is 36.0 Å². The molecule has 0 radical (unpaired) electrons. The molecule has 1 heterocycles. The van der Waals surface area contributed by atoms with Gasteiger partial charge in [0.05, 0.1) is 20.3 Å². The Bertz CT molecular complexity index is 501. The van der Waals surface area contributed by atoms with Crippen LogP contribution in [0.2, 0.25) is 0 Å². The van der Waals surface area contributed by atoms with E-state index in [-0.39, 0.29) is 17.7 Å². The molecule has 114 valence electrons. The molecular formula is C16H21NO4. The van der Waals surface area contributed by atoms with Crippen molar-refractivity contribution in [1.82, 2.24) is 5.32 Å². The molecule has 1 aromatic carbocycles. The number of benzene rings is 1. The molecule has 1 aliphatic heterocycles. The van der Waals surface area contributed by atoms with E-state index in [0.29, 0.717) is 24.5 Å². The predicted octanol–water partition coefficient (Wildman–Crippen LogP) is 2.11. The number of ether oxygens (including phenoxy) is 3. The molecule has 5 heteroatoms. The van der Waals surface area contributed by atoms with E-state index in [9.17, 15) is 4.79 Å². The van der Waals surface area contributed by atoms with Gasteiger partial charge >= 0.3 is 0 Å². The van der Waals surface area contributed by atoms with Crippen molar-refractivity contribution in [3.63, 3.8) is 0 Å². The van der Waals surface area contributed by atoms with E-state index in [1.807, 2.05) is 12.1 Å². The Balaban J connectivity index is 1.56. The fourth-order valence-corrected chi connectivity index (χ4v) is 3.02. The summed E-state index contributed by atoms with van der Waals surface area (Å²) in [5.41, 5.74) is 0.628. The number of amides is 1. The summed E-state index contributed by atoms with van der Waals surface area (Å²) in [5.74, 6) is 0.262. The molecule has 1 N–H and O–H groups in total. The van der Waals surface area contributed by atoms with E-state index >= 15 is 0 Å². The van der Waals surface area contributed by atoms with Crippen LogP contribution in [0.25, 0.3) is 0 Å². The summed E-state index contributed by atoms with van der Waals surface area (Å²) in [6, 6.07) is 7.38. The monoisotopic (exact) mass is 291 g/mol. The summed E-state index contributed by atoms with van der Waals surface area (Å²) in [6.45, 7) is 1.36. The Morgan fingerprint density at radius 2 is 2.00 bits per heavy atom. The quantitative estimate of drug-likeness (QED) is 0.926. The normalized spacial score (nSPS) is 21.4. The molecule has 1 saturated heterocycles. The molecule has 5 nitrogen and oxygen atoms in total. The van der Waals surface area contributed by atoms with Crippen LogP contribution < -0.4 is 10.1 Å². The average molecular weight is 291 g/mol. The fraction of sp³-hybridized carbons (Fsp3) is 0.562. The van der Waals surface area contributed by atoms with Gasteiger partial charge in [0.1, 0.15) is 5.75 Å². The van der Waals surface area contributed by atoms with Crippen molar-refractivity contribution in [1.29, 1.82) is 0 Å². The van der Waals surface area contributed by atoms with Gasteiger partial charge in [-0.3, -0.25) is 4.79 Å². The van der Waals surface area contributed by atoms with E-state index in [0.717, 1.165) is 25.7 Å². The third-order valence-electron chi connectivity index (χ3n) is 4.23. The minimum absolute atomic E-state index is 0.0527. The van der Waals surface area contributed by atoms with E-state index < -0.39 is 0 Å². The maximum Gasteiger partial charge on any atom is 0.251 e. The van der Waals surface area contributed by atoms with Crippen LogP contribution in [-0.4, -0.2) is 38.1 Å². The number of methoxy groups -OCH3 is 1. The molecule has 1 aliphatic carbocycles. The third kappa shape index (κ3) is 3.19. The number of hydrogen-bond acceptors (Lipinski definition) is 4. The van der Waals surface area contributed by atoms with Crippen molar-refractivity contribution in [2.75, 3.05) is 20.3 Å². The standard InChI is InChI=1S/C16H21NO4/c1-19-14-4-2-3-12(11-14)15(18)17-13-5-7-16(8-6-13)20-9-10-21-16/h2-4,11,13H,5-10H2,1H3,(H,17,18). The first kappa shape index (κ1) is 14.4. The zero-order valence-electron chi connectivity index (χ0n) is 12.3. The lowest BCUT2D eigenvalue weighted by Gasteiger charge is -2.35. The molecule has 0 atom stereocenters. The zero-order valence-corrected chi connectivity index (χ0v) is 12.3. The van der Waals surface area contributed by atoms with Gasteiger partial charge in [0.15, 0.2) is 5.79 Å². The highest BCUT2D eigenvalue weighted by molar-refractivity contribution is 5.94. The average Bonchev–Trinajstić information content (AvgIpc) is 2.98. The first-order chi connectivity index (χ1) is 10.2. The van der Waals surface area contributed by atoms with Gasteiger partial charge in [0.25, 0.3) is 5.91 Å². The largest absolute Gasteiger partial charge is 0.497 e. The first-order valence-corrected chi connectivity index (χ1v) is 7.44. The Hall–Kier alpha value is -1.59. The van der Waals surface area contributed by atoms with Gasteiger partial charge in [-0.15, -0.1) is 0 Å². The molecule has 1 amide bonds. The van der Waals surface area contributed by atoms with Crippen LogP contribution in [0.5, 0.6) is 5.75 Å². The molecule has 0 unspecified atom stereocenters. The molecule has 1 saturated carbocycles. The summed E-state index contributed by atoms with van der Waals surface area (Å²) in [5, 5.41) is 3.09. The Labute approximate surface area is 124 Å². The van der Waals surface area contributed by atoms with Crippen molar-refractivity contribution in [3.8, 4) is 5.75 Å². The smallest absolute Gasteiger partial charge is 0.251 e.